The molecule has 5 rings (SSSR count). The number of nitrogens with one attached hydrogen (secondary N) is 1. The minimum Gasteiger partial charge on any atom is -0.448 e. The van der Waals surface area contributed by atoms with Crippen molar-refractivity contribution in [3.8, 4) is 0 Å². The van der Waals surface area contributed by atoms with Gasteiger partial charge in [0, 0.05) is 11.1 Å². The van der Waals surface area contributed by atoms with Gasteiger partial charge in [0.25, 0.3) is 11.8 Å². The standard InChI is InChI=1S/C28H24N2O7S/c31-16-21-17-38(35,36)27-22(29-25(32)20-14-8-3-9-15-20)26(33)30(27)23(21)28(34)37-24(18-10-4-1-5-11-18)19-12-6-2-7-13-19/h1-15,22,24,27,31H,16-17H2,(H,29,32)/t22-,27-/m0/s1. The van der Waals surface area contributed by atoms with Gasteiger partial charge in [0.2, 0.25) is 0 Å². The molecule has 2 aliphatic heterocycles. The Morgan fingerprint density at radius 2 is 1.45 bits per heavy atom. The lowest BCUT2D eigenvalue weighted by Gasteiger charge is -2.49. The first kappa shape index (κ1) is 25.4. The average Bonchev–Trinajstić information content (AvgIpc) is 2.94. The highest BCUT2D eigenvalue weighted by Crippen LogP contribution is 2.38. The number of rotatable bonds is 7. The molecule has 2 amide bonds. The van der Waals surface area contributed by atoms with Crippen molar-refractivity contribution in [2.45, 2.75) is 17.5 Å². The lowest BCUT2D eigenvalue weighted by Crippen LogP contribution is -2.75. The van der Waals surface area contributed by atoms with Crippen LogP contribution in [0.5, 0.6) is 0 Å². The molecule has 0 saturated carbocycles. The van der Waals surface area contributed by atoms with E-state index in [1.165, 1.54) is 12.1 Å². The summed E-state index contributed by atoms with van der Waals surface area (Å²) in [5, 5.41) is 10.9. The minimum absolute atomic E-state index is 0.146. The highest BCUT2D eigenvalue weighted by Gasteiger charge is 2.60. The maximum atomic E-state index is 13.6. The number of aliphatic hydroxyl groups is 1. The molecule has 0 aromatic heterocycles. The van der Waals surface area contributed by atoms with Crippen molar-refractivity contribution in [2.75, 3.05) is 12.4 Å². The van der Waals surface area contributed by atoms with E-state index in [0.29, 0.717) is 11.1 Å². The third-order valence-corrected chi connectivity index (χ3v) is 8.47. The maximum Gasteiger partial charge on any atom is 0.356 e. The van der Waals surface area contributed by atoms with Gasteiger partial charge in [-0.3, -0.25) is 14.5 Å². The summed E-state index contributed by atoms with van der Waals surface area (Å²) in [5.74, 6) is -3.00. The van der Waals surface area contributed by atoms with Crippen LogP contribution in [0.15, 0.2) is 102 Å². The topological polar surface area (TPSA) is 130 Å². The van der Waals surface area contributed by atoms with Crippen LogP contribution in [0.2, 0.25) is 0 Å². The van der Waals surface area contributed by atoms with Gasteiger partial charge in [-0.15, -0.1) is 0 Å². The summed E-state index contributed by atoms with van der Waals surface area (Å²) in [6.45, 7) is -0.761. The predicted molar refractivity (Wildman–Crippen MR) is 137 cm³/mol. The molecule has 2 atom stereocenters. The molecule has 38 heavy (non-hydrogen) atoms. The van der Waals surface area contributed by atoms with Crippen molar-refractivity contribution >= 4 is 27.6 Å². The fourth-order valence-corrected chi connectivity index (χ4v) is 6.71. The maximum absolute atomic E-state index is 13.6. The fourth-order valence-electron chi connectivity index (χ4n) is 4.69. The first-order chi connectivity index (χ1) is 18.3. The second kappa shape index (κ2) is 10.2. The molecule has 0 unspecified atom stereocenters. The first-order valence-electron chi connectivity index (χ1n) is 11.9. The van der Waals surface area contributed by atoms with Crippen LogP contribution in [0, 0.1) is 0 Å². The summed E-state index contributed by atoms with van der Waals surface area (Å²) in [6, 6.07) is 24.6. The third-order valence-electron chi connectivity index (χ3n) is 6.50. The molecule has 9 nitrogen and oxygen atoms in total. The van der Waals surface area contributed by atoms with Gasteiger partial charge in [-0.2, -0.15) is 0 Å². The smallest absolute Gasteiger partial charge is 0.356 e. The van der Waals surface area contributed by atoms with Crippen LogP contribution < -0.4 is 5.32 Å². The van der Waals surface area contributed by atoms with Crippen LogP contribution >= 0.6 is 0 Å². The molecular weight excluding hydrogens is 508 g/mol. The highest BCUT2D eigenvalue weighted by molar-refractivity contribution is 7.92. The van der Waals surface area contributed by atoms with Crippen LogP contribution in [0.4, 0.5) is 0 Å². The molecule has 3 aromatic carbocycles. The molecule has 1 saturated heterocycles. The molecule has 0 radical (unpaired) electrons. The number of hydrogen-bond acceptors (Lipinski definition) is 7. The largest absolute Gasteiger partial charge is 0.448 e. The van der Waals surface area contributed by atoms with E-state index < -0.39 is 57.5 Å². The van der Waals surface area contributed by atoms with E-state index in [0.717, 1.165) is 4.90 Å². The number of carbonyl (C=O) groups is 3. The van der Waals surface area contributed by atoms with Crippen molar-refractivity contribution in [3.63, 3.8) is 0 Å². The van der Waals surface area contributed by atoms with E-state index in [1.54, 1.807) is 66.7 Å². The quantitative estimate of drug-likeness (QED) is 0.351. The van der Waals surface area contributed by atoms with Crippen LogP contribution in [0.25, 0.3) is 0 Å². The normalized spacial score (nSPS) is 19.9. The number of ether oxygens (including phenoxy) is 1. The molecule has 2 heterocycles. The molecule has 2 N–H and O–H groups in total. The monoisotopic (exact) mass is 532 g/mol. The number of β-lactam (4-membered cyclic amide) rings is 1. The molecule has 1 fully saturated rings. The molecule has 0 bridgehead atoms. The Hall–Kier alpha value is -4.28. The fraction of sp³-hybridized carbons (Fsp3) is 0.179. The Kier molecular flexibility index (Phi) is 6.83. The number of fused-ring (bicyclic) bond motifs is 1. The van der Waals surface area contributed by atoms with Crippen LogP contribution in [-0.4, -0.2) is 60.0 Å². The van der Waals surface area contributed by atoms with Gasteiger partial charge in [-0.1, -0.05) is 78.9 Å². The van der Waals surface area contributed by atoms with Crippen LogP contribution in [0.3, 0.4) is 0 Å². The van der Waals surface area contributed by atoms with Crippen molar-refractivity contribution in [1.82, 2.24) is 10.2 Å². The van der Waals surface area contributed by atoms with E-state index in [4.69, 9.17) is 4.74 Å². The van der Waals surface area contributed by atoms with Gasteiger partial charge in [0.1, 0.15) is 11.7 Å². The van der Waals surface area contributed by atoms with Crippen molar-refractivity contribution in [2.24, 2.45) is 0 Å². The number of carbonyl (C=O) groups excluding carboxylic acids is 3. The lowest BCUT2D eigenvalue weighted by atomic mass is 10.0. The summed E-state index contributed by atoms with van der Waals surface area (Å²) < 4.78 is 32.0. The Morgan fingerprint density at radius 3 is 1.97 bits per heavy atom. The van der Waals surface area contributed by atoms with E-state index in [1.807, 2.05) is 12.1 Å². The number of hydrogen-bond donors (Lipinski definition) is 2. The summed E-state index contributed by atoms with van der Waals surface area (Å²) in [6.07, 6.45) is -0.848. The molecular formula is C28H24N2O7S. The predicted octanol–water partition coefficient (Wildman–Crippen LogP) is 1.96. The van der Waals surface area contributed by atoms with Crippen molar-refractivity contribution < 1.29 is 32.6 Å². The Balaban J connectivity index is 1.46. The van der Waals surface area contributed by atoms with E-state index in [2.05, 4.69) is 5.32 Å². The van der Waals surface area contributed by atoms with Crippen molar-refractivity contribution in [1.29, 1.82) is 0 Å². The molecule has 0 aliphatic carbocycles. The summed E-state index contributed by atoms with van der Waals surface area (Å²) >= 11 is 0. The SMILES string of the molecule is O=C(OC(c1ccccc1)c1ccccc1)C1=C(CO)CS(=O)(=O)[C@H]2[C@@H](NC(=O)c3ccccc3)C(=O)N12. The number of benzene rings is 3. The van der Waals surface area contributed by atoms with Crippen LogP contribution in [-0.2, 0) is 24.2 Å². The van der Waals surface area contributed by atoms with Gasteiger partial charge in [0.15, 0.2) is 21.3 Å². The summed E-state index contributed by atoms with van der Waals surface area (Å²) in [4.78, 5) is 40.2. The number of aliphatic hydroxyl groups excluding tert-OH is 1. The Labute approximate surface area is 219 Å². The third kappa shape index (κ3) is 4.59. The summed E-state index contributed by atoms with van der Waals surface area (Å²) in [7, 11) is -4.03. The summed E-state index contributed by atoms with van der Waals surface area (Å²) in [5.41, 5.74) is 1.13. The van der Waals surface area contributed by atoms with Crippen LogP contribution in [0.1, 0.15) is 27.6 Å². The minimum atomic E-state index is -4.03. The van der Waals surface area contributed by atoms with Gasteiger partial charge in [-0.05, 0) is 23.3 Å². The van der Waals surface area contributed by atoms with E-state index in [9.17, 15) is 27.9 Å². The molecule has 10 heteroatoms. The number of esters is 1. The Morgan fingerprint density at radius 1 is 0.921 bits per heavy atom. The number of sulfone groups is 1. The second-order valence-electron chi connectivity index (χ2n) is 8.94. The second-order valence-corrected chi connectivity index (χ2v) is 11.0. The number of amides is 2. The van der Waals surface area contributed by atoms with Gasteiger partial charge < -0.3 is 15.2 Å². The van der Waals surface area contributed by atoms with Gasteiger partial charge >= 0.3 is 5.97 Å². The Bertz CT molecular complexity index is 1470. The van der Waals surface area contributed by atoms with Gasteiger partial charge in [0.05, 0.1) is 12.4 Å². The molecule has 2 aliphatic rings. The zero-order chi connectivity index (χ0) is 26.9. The first-order valence-corrected chi connectivity index (χ1v) is 13.6. The lowest BCUT2D eigenvalue weighted by molar-refractivity contribution is -0.154. The molecule has 0 spiro atoms. The average molecular weight is 533 g/mol. The zero-order valence-electron chi connectivity index (χ0n) is 20.1. The van der Waals surface area contributed by atoms with E-state index in [-0.39, 0.29) is 16.8 Å². The number of nitrogens with zero attached hydrogens (tertiary/aromatic N) is 1. The molecule has 3 aromatic rings. The van der Waals surface area contributed by atoms with Gasteiger partial charge in [-0.25, -0.2) is 13.2 Å². The van der Waals surface area contributed by atoms with Crippen molar-refractivity contribution in [3.05, 3.63) is 119 Å². The zero-order valence-corrected chi connectivity index (χ0v) is 20.9. The van der Waals surface area contributed by atoms with E-state index >= 15 is 0 Å². The molecule has 194 valence electrons. The highest BCUT2D eigenvalue weighted by atomic mass is 32.2.